The first-order chi connectivity index (χ1) is 14.6. The molecular formula is C25H32N4O. The summed E-state index contributed by atoms with van der Waals surface area (Å²) in [5.74, 6) is 1.56. The molecule has 5 nitrogen and oxygen atoms in total. The maximum Gasteiger partial charge on any atom is 0.256 e. The van der Waals surface area contributed by atoms with Gasteiger partial charge in [0.2, 0.25) is 0 Å². The summed E-state index contributed by atoms with van der Waals surface area (Å²) in [5, 5.41) is 0. The van der Waals surface area contributed by atoms with Gasteiger partial charge in [-0.2, -0.15) is 0 Å². The van der Waals surface area contributed by atoms with Crippen molar-refractivity contribution in [1.82, 2.24) is 14.5 Å². The first kappa shape index (κ1) is 19.7. The van der Waals surface area contributed by atoms with Crippen molar-refractivity contribution < 1.29 is 0 Å². The Balaban J connectivity index is 1.21. The Morgan fingerprint density at radius 1 is 1.10 bits per heavy atom. The van der Waals surface area contributed by atoms with Gasteiger partial charge in [-0.3, -0.25) is 14.4 Å². The van der Waals surface area contributed by atoms with Gasteiger partial charge < -0.3 is 4.90 Å². The van der Waals surface area contributed by atoms with E-state index in [0.29, 0.717) is 5.92 Å². The molecule has 3 aliphatic heterocycles. The highest BCUT2D eigenvalue weighted by molar-refractivity contribution is 6.05. The summed E-state index contributed by atoms with van der Waals surface area (Å²) >= 11 is 0. The zero-order chi connectivity index (χ0) is 20.7. The number of hydrogen-bond acceptors (Lipinski definition) is 4. The fraction of sp³-hybridized carbons (Fsp3) is 0.560. The van der Waals surface area contributed by atoms with Gasteiger partial charge in [-0.05, 0) is 64.6 Å². The molecule has 158 valence electrons. The van der Waals surface area contributed by atoms with Crippen LogP contribution in [0.2, 0.25) is 0 Å². The van der Waals surface area contributed by atoms with Crippen molar-refractivity contribution in [3.05, 3.63) is 62.3 Å². The number of rotatable bonds is 4. The molecule has 0 amide bonds. The number of benzene rings is 1. The van der Waals surface area contributed by atoms with Crippen molar-refractivity contribution in [2.45, 2.75) is 65.5 Å². The van der Waals surface area contributed by atoms with Crippen LogP contribution in [0.3, 0.4) is 0 Å². The van der Waals surface area contributed by atoms with Crippen LogP contribution < -0.4 is 5.56 Å². The van der Waals surface area contributed by atoms with Crippen LogP contribution in [-0.2, 0) is 25.9 Å². The normalized spacial score (nSPS) is 19.5. The largest absolute Gasteiger partial charge is 0.303 e. The standard InChI is InChI=1S/C25H32N4O/c1-17-6-7-22-20(15-17)16-26-24(22)19-8-12-28(13-9-19)14-10-21-18(2)27-23-5-3-4-11-29(23)25(21)30/h6-7,15,19H,3-5,8-14,16H2,1-2H3. The Labute approximate surface area is 178 Å². The third-order valence-electron chi connectivity index (χ3n) is 7.19. The molecule has 0 radical (unpaired) electrons. The quantitative estimate of drug-likeness (QED) is 0.784. The predicted molar refractivity (Wildman–Crippen MR) is 120 cm³/mol. The molecule has 0 aliphatic carbocycles. The monoisotopic (exact) mass is 404 g/mol. The Morgan fingerprint density at radius 3 is 2.77 bits per heavy atom. The third kappa shape index (κ3) is 3.64. The second kappa shape index (κ2) is 8.10. The summed E-state index contributed by atoms with van der Waals surface area (Å²) in [6.07, 6.45) is 6.31. The van der Waals surface area contributed by atoms with Crippen LogP contribution >= 0.6 is 0 Å². The highest BCUT2D eigenvalue weighted by Gasteiger charge is 2.28. The van der Waals surface area contributed by atoms with Crippen LogP contribution in [0.4, 0.5) is 0 Å². The fourth-order valence-electron chi connectivity index (χ4n) is 5.43. The molecule has 0 unspecified atom stereocenters. The molecule has 5 rings (SSSR count). The van der Waals surface area contributed by atoms with Gasteiger partial charge in [0, 0.05) is 48.0 Å². The molecule has 1 aromatic heterocycles. The van der Waals surface area contributed by atoms with Crippen molar-refractivity contribution in [3.63, 3.8) is 0 Å². The Bertz CT molecular complexity index is 1040. The number of likely N-dealkylation sites (tertiary alicyclic amines) is 1. The van der Waals surface area contributed by atoms with Gasteiger partial charge in [0.05, 0.1) is 6.54 Å². The molecule has 0 N–H and O–H groups in total. The summed E-state index contributed by atoms with van der Waals surface area (Å²) in [7, 11) is 0. The van der Waals surface area contributed by atoms with Crippen molar-refractivity contribution in [2.75, 3.05) is 19.6 Å². The van der Waals surface area contributed by atoms with Gasteiger partial charge in [0.1, 0.15) is 5.82 Å². The van der Waals surface area contributed by atoms with E-state index in [2.05, 4.69) is 30.0 Å². The van der Waals surface area contributed by atoms with E-state index in [9.17, 15) is 4.79 Å². The lowest BCUT2D eigenvalue weighted by atomic mass is 9.87. The lowest BCUT2D eigenvalue weighted by Gasteiger charge is -2.32. The molecular weight excluding hydrogens is 372 g/mol. The SMILES string of the molecule is Cc1ccc2c(c1)CN=C2C1CCN(CCc2c(C)nc3n(c2=O)CCCC3)CC1. The minimum Gasteiger partial charge on any atom is -0.303 e. The maximum atomic E-state index is 13.0. The predicted octanol–water partition coefficient (Wildman–Crippen LogP) is 3.45. The van der Waals surface area contributed by atoms with Crippen LogP contribution in [0, 0.1) is 19.8 Å². The number of piperidine rings is 1. The highest BCUT2D eigenvalue weighted by atomic mass is 16.1. The summed E-state index contributed by atoms with van der Waals surface area (Å²) in [4.78, 5) is 25.1. The number of fused-ring (bicyclic) bond motifs is 2. The first-order valence-electron chi connectivity index (χ1n) is 11.6. The van der Waals surface area contributed by atoms with Crippen molar-refractivity contribution >= 4 is 5.71 Å². The van der Waals surface area contributed by atoms with E-state index in [1.807, 2.05) is 11.5 Å². The zero-order valence-electron chi connectivity index (χ0n) is 18.3. The lowest BCUT2D eigenvalue weighted by Crippen LogP contribution is -2.39. The topological polar surface area (TPSA) is 50.5 Å². The van der Waals surface area contributed by atoms with E-state index in [1.165, 1.54) is 22.4 Å². The Hall–Kier alpha value is -2.27. The molecule has 1 fully saturated rings. The average Bonchev–Trinajstić information content (AvgIpc) is 3.17. The molecule has 0 bridgehead atoms. The number of aryl methyl sites for hydroxylation is 3. The molecule has 1 saturated heterocycles. The summed E-state index contributed by atoms with van der Waals surface area (Å²) in [6.45, 7) is 8.97. The van der Waals surface area contributed by atoms with Crippen LogP contribution in [0.25, 0.3) is 0 Å². The average molecular weight is 405 g/mol. The number of nitrogens with zero attached hydrogens (tertiary/aromatic N) is 4. The molecule has 5 heteroatoms. The lowest BCUT2D eigenvalue weighted by molar-refractivity contribution is 0.211. The van der Waals surface area contributed by atoms with E-state index in [1.54, 1.807) is 0 Å². The Kier molecular flexibility index (Phi) is 5.32. The van der Waals surface area contributed by atoms with E-state index in [-0.39, 0.29) is 5.56 Å². The second-order valence-electron chi connectivity index (χ2n) is 9.23. The van der Waals surface area contributed by atoms with Gasteiger partial charge in [0.15, 0.2) is 0 Å². The highest BCUT2D eigenvalue weighted by Crippen LogP contribution is 2.29. The van der Waals surface area contributed by atoms with E-state index >= 15 is 0 Å². The van der Waals surface area contributed by atoms with Gasteiger partial charge >= 0.3 is 0 Å². The minimum atomic E-state index is 0.208. The molecule has 0 saturated carbocycles. The van der Waals surface area contributed by atoms with Gasteiger partial charge in [-0.25, -0.2) is 4.98 Å². The molecule has 4 heterocycles. The second-order valence-corrected chi connectivity index (χ2v) is 9.23. The fourth-order valence-corrected chi connectivity index (χ4v) is 5.43. The van der Waals surface area contributed by atoms with Gasteiger partial charge in [-0.15, -0.1) is 0 Å². The van der Waals surface area contributed by atoms with Gasteiger partial charge in [0.25, 0.3) is 5.56 Å². The Morgan fingerprint density at radius 2 is 1.93 bits per heavy atom. The molecule has 0 atom stereocenters. The zero-order valence-corrected chi connectivity index (χ0v) is 18.3. The number of aliphatic imine (C=N–C) groups is 1. The molecule has 30 heavy (non-hydrogen) atoms. The van der Waals surface area contributed by atoms with Crippen LogP contribution in [0.1, 0.15) is 59.5 Å². The van der Waals surface area contributed by atoms with Crippen LogP contribution in [0.5, 0.6) is 0 Å². The number of aromatic nitrogens is 2. The molecule has 0 spiro atoms. The summed E-state index contributed by atoms with van der Waals surface area (Å²) < 4.78 is 1.93. The van der Waals surface area contributed by atoms with Crippen LogP contribution in [0.15, 0.2) is 28.0 Å². The minimum absolute atomic E-state index is 0.208. The third-order valence-corrected chi connectivity index (χ3v) is 7.19. The molecule has 2 aromatic rings. The van der Waals surface area contributed by atoms with Crippen molar-refractivity contribution in [1.29, 1.82) is 0 Å². The summed E-state index contributed by atoms with van der Waals surface area (Å²) in [6, 6.07) is 6.76. The van der Waals surface area contributed by atoms with E-state index in [4.69, 9.17) is 9.98 Å². The van der Waals surface area contributed by atoms with E-state index < -0.39 is 0 Å². The maximum absolute atomic E-state index is 13.0. The first-order valence-corrected chi connectivity index (χ1v) is 11.6. The van der Waals surface area contributed by atoms with Crippen LogP contribution in [-0.4, -0.2) is 39.8 Å². The summed E-state index contributed by atoms with van der Waals surface area (Å²) in [5.41, 5.74) is 7.49. The van der Waals surface area contributed by atoms with Crippen molar-refractivity contribution in [3.8, 4) is 0 Å². The van der Waals surface area contributed by atoms with E-state index in [0.717, 1.165) is 88.3 Å². The molecule has 3 aliphatic rings. The van der Waals surface area contributed by atoms with Crippen molar-refractivity contribution in [2.24, 2.45) is 10.9 Å². The number of hydrogen-bond donors (Lipinski definition) is 0. The molecule has 1 aromatic carbocycles. The smallest absolute Gasteiger partial charge is 0.256 e. The van der Waals surface area contributed by atoms with Gasteiger partial charge in [-0.1, -0.05) is 23.8 Å².